The quantitative estimate of drug-likeness (QED) is 0.885. The summed E-state index contributed by atoms with van der Waals surface area (Å²) in [5.41, 5.74) is 7.17. The molecule has 90 valence electrons. The molecule has 0 aliphatic heterocycles. The molecular formula is C12H13F2N3. The molecule has 0 aliphatic rings. The highest BCUT2D eigenvalue weighted by molar-refractivity contribution is 5.63. The maximum atomic E-state index is 13.6. The molecule has 3 nitrogen and oxygen atoms in total. The first-order valence-corrected chi connectivity index (χ1v) is 5.30. The molecule has 0 bridgehead atoms. The van der Waals surface area contributed by atoms with E-state index >= 15 is 0 Å². The van der Waals surface area contributed by atoms with Crippen molar-refractivity contribution < 1.29 is 8.78 Å². The minimum atomic E-state index is -0.609. The Morgan fingerprint density at radius 2 is 2.12 bits per heavy atom. The van der Waals surface area contributed by atoms with Gasteiger partial charge in [0.05, 0.1) is 5.69 Å². The van der Waals surface area contributed by atoms with Crippen LogP contribution >= 0.6 is 0 Å². The zero-order valence-electron chi connectivity index (χ0n) is 9.45. The number of nitrogens with two attached hydrogens (primary N) is 1. The minimum Gasteiger partial charge on any atom is -0.330 e. The third-order valence-corrected chi connectivity index (χ3v) is 2.50. The van der Waals surface area contributed by atoms with Gasteiger partial charge in [0.1, 0.15) is 11.6 Å². The molecule has 0 saturated heterocycles. The summed E-state index contributed by atoms with van der Waals surface area (Å²) in [6.45, 7) is 0.460. The number of rotatable bonds is 3. The van der Waals surface area contributed by atoms with Gasteiger partial charge in [-0.05, 0) is 30.7 Å². The molecule has 0 unspecified atom stereocenters. The van der Waals surface area contributed by atoms with Gasteiger partial charge in [0, 0.05) is 24.9 Å². The maximum absolute atomic E-state index is 13.6. The average molecular weight is 237 g/mol. The highest BCUT2D eigenvalue weighted by Gasteiger charge is 2.14. The lowest BCUT2D eigenvalue weighted by Gasteiger charge is -2.02. The summed E-state index contributed by atoms with van der Waals surface area (Å²) in [5.74, 6) is -1.20. The van der Waals surface area contributed by atoms with Gasteiger partial charge in [-0.25, -0.2) is 8.78 Å². The van der Waals surface area contributed by atoms with Gasteiger partial charge < -0.3 is 5.73 Å². The summed E-state index contributed by atoms with van der Waals surface area (Å²) in [6, 6.07) is 3.47. The van der Waals surface area contributed by atoms with Crippen LogP contribution in [0.5, 0.6) is 0 Å². The lowest BCUT2D eigenvalue weighted by atomic mass is 10.1. The van der Waals surface area contributed by atoms with Crippen molar-refractivity contribution in [2.75, 3.05) is 6.54 Å². The van der Waals surface area contributed by atoms with Crippen LogP contribution in [0.2, 0.25) is 0 Å². The lowest BCUT2D eigenvalue weighted by molar-refractivity contribution is 0.585. The van der Waals surface area contributed by atoms with E-state index in [2.05, 4.69) is 5.10 Å². The first-order valence-electron chi connectivity index (χ1n) is 5.30. The molecule has 1 heterocycles. The molecule has 0 radical (unpaired) electrons. The lowest BCUT2D eigenvalue weighted by Crippen LogP contribution is -2.03. The fourth-order valence-corrected chi connectivity index (χ4v) is 1.78. The van der Waals surface area contributed by atoms with Gasteiger partial charge in [-0.2, -0.15) is 5.10 Å². The van der Waals surface area contributed by atoms with Gasteiger partial charge in [-0.15, -0.1) is 0 Å². The molecule has 2 aromatic rings. The first kappa shape index (κ1) is 11.7. The molecule has 17 heavy (non-hydrogen) atoms. The van der Waals surface area contributed by atoms with Crippen LogP contribution in [0.4, 0.5) is 8.78 Å². The summed E-state index contributed by atoms with van der Waals surface area (Å²) in [5, 5.41) is 4.19. The number of hydrogen-bond acceptors (Lipinski definition) is 2. The second-order valence-corrected chi connectivity index (χ2v) is 3.84. The van der Waals surface area contributed by atoms with Crippen molar-refractivity contribution in [3.8, 4) is 11.3 Å². The van der Waals surface area contributed by atoms with Crippen LogP contribution in [0.1, 0.15) is 5.56 Å². The Labute approximate surface area is 97.9 Å². The Balaban J connectivity index is 2.51. The summed E-state index contributed by atoms with van der Waals surface area (Å²) < 4.78 is 28.1. The first-order chi connectivity index (χ1) is 8.11. The Bertz CT molecular complexity index is 535. The van der Waals surface area contributed by atoms with Crippen LogP contribution in [-0.2, 0) is 13.5 Å². The van der Waals surface area contributed by atoms with Gasteiger partial charge in [0.15, 0.2) is 0 Å². The summed E-state index contributed by atoms with van der Waals surface area (Å²) in [6.07, 6.45) is 2.41. The number of halogens is 2. The van der Waals surface area contributed by atoms with E-state index in [1.807, 2.05) is 0 Å². The zero-order valence-corrected chi connectivity index (χ0v) is 9.45. The maximum Gasteiger partial charge on any atom is 0.135 e. The normalized spacial score (nSPS) is 10.8. The number of benzene rings is 1. The van der Waals surface area contributed by atoms with Crippen molar-refractivity contribution >= 4 is 0 Å². The van der Waals surface area contributed by atoms with E-state index in [1.165, 1.54) is 12.1 Å². The van der Waals surface area contributed by atoms with Gasteiger partial charge >= 0.3 is 0 Å². The molecule has 2 rings (SSSR count). The molecule has 0 amide bonds. The van der Waals surface area contributed by atoms with E-state index in [-0.39, 0.29) is 0 Å². The van der Waals surface area contributed by atoms with Gasteiger partial charge in [-0.1, -0.05) is 0 Å². The fraction of sp³-hybridized carbons (Fsp3) is 0.250. The number of aryl methyl sites for hydroxylation is 1. The van der Waals surface area contributed by atoms with E-state index in [0.717, 1.165) is 11.6 Å². The Morgan fingerprint density at radius 1 is 1.35 bits per heavy atom. The van der Waals surface area contributed by atoms with Crippen molar-refractivity contribution in [1.29, 1.82) is 0 Å². The summed E-state index contributed by atoms with van der Waals surface area (Å²) >= 11 is 0. The van der Waals surface area contributed by atoms with Gasteiger partial charge in [-0.3, -0.25) is 4.68 Å². The predicted octanol–water partition coefficient (Wildman–Crippen LogP) is 1.87. The van der Waals surface area contributed by atoms with E-state index in [4.69, 9.17) is 5.73 Å². The van der Waals surface area contributed by atoms with Crippen LogP contribution in [0, 0.1) is 11.6 Å². The molecule has 1 aromatic heterocycles. The zero-order chi connectivity index (χ0) is 12.4. The highest BCUT2D eigenvalue weighted by atomic mass is 19.1. The van der Waals surface area contributed by atoms with Gasteiger partial charge in [0.25, 0.3) is 0 Å². The third-order valence-electron chi connectivity index (χ3n) is 2.50. The van der Waals surface area contributed by atoms with E-state index in [0.29, 0.717) is 24.2 Å². The smallest absolute Gasteiger partial charge is 0.135 e. The second kappa shape index (κ2) is 4.63. The predicted molar refractivity (Wildman–Crippen MR) is 61.3 cm³/mol. The molecular weight excluding hydrogens is 224 g/mol. The van der Waals surface area contributed by atoms with E-state index in [1.54, 1.807) is 17.9 Å². The average Bonchev–Trinajstić information content (AvgIpc) is 2.60. The largest absolute Gasteiger partial charge is 0.330 e. The molecule has 2 N–H and O–H groups in total. The molecule has 0 saturated carbocycles. The Hall–Kier alpha value is -1.75. The molecule has 1 aromatic carbocycles. The van der Waals surface area contributed by atoms with Crippen LogP contribution < -0.4 is 5.73 Å². The third kappa shape index (κ3) is 2.34. The van der Waals surface area contributed by atoms with Crippen molar-refractivity contribution in [3.63, 3.8) is 0 Å². The fourth-order valence-electron chi connectivity index (χ4n) is 1.78. The molecule has 5 heteroatoms. The topological polar surface area (TPSA) is 43.8 Å². The van der Waals surface area contributed by atoms with E-state index < -0.39 is 11.6 Å². The molecule has 0 spiro atoms. The van der Waals surface area contributed by atoms with Crippen molar-refractivity contribution in [1.82, 2.24) is 9.78 Å². The molecule has 0 aliphatic carbocycles. The van der Waals surface area contributed by atoms with Crippen LogP contribution in [0.25, 0.3) is 11.3 Å². The van der Waals surface area contributed by atoms with Crippen molar-refractivity contribution in [2.45, 2.75) is 6.42 Å². The van der Waals surface area contributed by atoms with Gasteiger partial charge in [0.2, 0.25) is 0 Å². The van der Waals surface area contributed by atoms with Crippen LogP contribution in [-0.4, -0.2) is 16.3 Å². The Kier molecular flexibility index (Phi) is 3.19. The summed E-state index contributed by atoms with van der Waals surface area (Å²) in [4.78, 5) is 0. The Morgan fingerprint density at radius 3 is 2.76 bits per heavy atom. The SMILES string of the molecule is Cn1cc(CCN)c(-c2ccc(F)cc2F)n1. The number of nitrogens with zero attached hydrogens (tertiary/aromatic N) is 2. The number of aromatic nitrogens is 2. The molecule has 0 fully saturated rings. The molecule has 0 atom stereocenters. The standard InChI is InChI=1S/C12H13F2N3/c1-17-7-8(4-5-15)12(16-17)10-3-2-9(13)6-11(10)14/h2-3,6-7H,4-5,15H2,1H3. The van der Waals surface area contributed by atoms with Crippen molar-refractivity contribution in [2.24, 2.45) is 12.8 Å². The second-order valence-electron chi connectivity index (χ2n) is 3.84. The van der Waals surface area contributed by atoms with Crippen molar-refractivity contribution in [3.05, 3.63) is 41.6 Å². The van der Waals surface area contributed by atoms with Crippen LogP contribution in [0.15, 0.2) is 24.4 Å². The van der Waals surface area contributed by atoms with Crippen LogP contribution in [0.3, 0.4) is 0 Å². The monoisotopic (exact) mass is 237 g/mol. The minimum absolute atomic E-state index is 0.301. The van der Waals surface area contributed by atoms with E-state index in [9.17, 15) is 8.78 Å². The number of hydrogen-bond donors (Lipinski definition) is 1. The highest BCUT2D eigenvalue weighted by Crippen LogP contribution is 2.25. The summed E-state index contributed by atoms with van der Waals surface area (Å²) in [7, 11) is 1.75.